The molecule has 162 valence electrons. The third-order valence-electron chi connectivity index (χ3n) is 4.74. The molecule has 31 heavy (non-hydrogen) atoms. The normalized spacial score (nSPS) is 13.9. The van der Waals surface area contributed by atoms with Crippen molar-refractivity contribution in [3.05, 3.63) is 66.6 Å². The molecule has 1 aliphatic heterocycles. The van der Waals surface area contributed by atoms with Gasteiger partial charge >= 0.3 is 5.97 Å². The summed E-state index contributed by atoms with van der Waals surface area (Å²) in [5.74, 6) is -2.61. The Morgan fingerprint density at radius 2 is 1.39 bits per heavy atom. The van der Waals surface area contributed by atoms with Crippen molar-refractivity contribution in [3.8, 4) is 0 Å². The topological polar surface area (TPSA) is 80.8 Å². The van der Waals surface area contributed by atoms with Gasteiger partial charge in [-0.2, -0.15) is 0 Å². The van der Waals surface area contributed by atoms with Crippen molar-refractivity contribution >= 4 is 70.0 Å². The number of benzene rings is 2. The van der Waals surface area contributed by atoms with Gasteiger partial charge in [0.25, 0.3) is 11.8 Å². The van der Waals surface area contributed by atoms with Crippen LogP contribution >= 0.6 is 46.4 Å². The molecule has 6 nitrogen and oxygen atoms in total. The van der Waals surface area contributed by atoms with Crippen molar-refractivity contribution < 1.29 is 23.9 Å². The van der Waals surface area contributed by atoms with Gasteiger partial charge in [-0.3, -0.25) is 24.1 Å². The second-order valence-corrected chi connectivity index (χ2v) is 8.39. The number of aryl methyl sites for hydroxylation is 1. The molecule has 0 aliphatic carbocycles. The van der Waals surface area contributed by atoms with Crippen LogP contribution in [0.25, 0.3) is 0 Å². The molecule has 0 unspecified atom stereocenters. The number of ketones is 1. The van der Waals surface area contributed by atoms with E-state index in [4.69, 9.17) is 51.1 Å². The Balaban J connectivity index is 1.67. The molecule has 10 heteroatoms. The van der Waals surface area contributed by atoms with E-state index in [0.29, 0.717) is 5.56 Å². The zero-order valence-corrected chi connectivity index (χ0v) is 19.3. The van der Waals surface area contributed by atoms with Crippen molar-refractivity contribution in [1.29, 1.82) is 0 Å². The Kier molecular flexibility index (Phi) is 6.96. The SMILES string of the molecule is Cc1ccc(C(=O)[C@H](C)OC(=O)CCN2C(=O)c3c(Cl)c(Cl)c(Cl)c(Cl)c3C2=O)cc1. The van der Waals surface area contributed by atoms with E-state index in [1.165, 1.54) is 6.92 Å². The van der Waals surface area contributed by atoms with Crippen LogP contribution in [0.5, 0.6) is 0 Å². The first-order chi connectivity index (χ1) is 14.5. The van der Waals surface area contributed by atoms with Gasteiger partial charge < -0.3 is 4.74 Å². The maximum absolute atomic E-state index is 12.7. The number of rotatable bonds is 6. The maximum Gasteiger partial charge on any atom is 0.308 e. The first-order valence-electron chi connectivity index (χ1n) is 9.07. The lowest BCUT2D eigenvalue weighted by atomic mass is 10.1. The zero-order valence-electron chi connectivity index (χ0n) is 16.3. The standard InChI is InChI=1S/C21H15Cl4NO5/c1-9-3-5-11(6-4-9)19(28)10(2)31-12(27)7-8-26-20(29)13-14(21(26)30)16(23)18(25)17(24)15(13)22/h3-6,10H,7-8H2,1-2H3/t10-/m0/s1. The van der Waals surface area contributed by atoms with E-state index in [2.05, 4.69) is 0 Å². The molecular weight excluding hydrogens is 488 g/mol. The Bertz CT molecular complexity index is 1070. The van der Waals surface area contributed by atoms with Crippen LogP contribution in [-0.2, 0) is 9.53 Å². The van der Waals surface area contributed by atoms with Crippen LogP contribution in [0.2, 0.25) is 20.1 Å². The summed E-state index contributed by atoms with van der Waals surface area (Å²) in [4.78, 5) is 50.7. The molecule has 0 bridgehead atoms. The van der Waals surface area contributed by atoms with Gasteiger partial charge in [-0.25, -0.2) is 0 Å². The number of carbonyl (C=O) groups excluding carboxylic acids is 4. The minimum absolute atomic E-state index is 0.141. The third-order valence-corrected chi connectivity index (χ3v) is 6.54. The number of imide groups is 1. The van der Waals surface area contributed by atoms with Crippen molar-refractivity contribution in [1.82, 2.24) is 4.90 Å². The number of hydrogen-bond donors (Lipinski definition) is 0. The fraction of sp³-hybridized carbons (Fsp3) is 0.238. The maximum atomic E-state index is 12.7. The molecule has 0 saturated carbocycles. The molecule has 3 rings (SSSR count). The average molecular weight is 503 g/mol. The lowest BCUT2D eigenvalue weighted by Gasteiger charge is -2.15. The molecule has 0 aromatic heterocycles. The van der Waals surface area contributed by atoms with Gasteiger partial charge in [-0.05, 0) is 13.8 Å². The lowest BCUT2D eigenvalue weighted by Crippen LogP contribution is -2.33. The number of ether oxygens (including phenoxy) is 1. The number of carbonyl (C=O) groups is 4. The molecule has 0 radical (unpaired) electrons. The Morgan fingerprint density at radius 3 is 1.87 bits per heavy atom. The van der Waals surface area contributed by atoms with Crippen LogP contribution < -0.4 is 0 Å². The summed E-state index contributed by atoms with van der Waals surface area (Å²) < 4.78 is 5.16. The number of fused-ring (bicyclic) bond motifs is 1. The smallest absolute Gasteiger partial charge is 0.308 e. The predicted molar refractivity (Wildman–Crippen MR) is 118 cm³/mol. The van der Waals surface area contributed by atoms with Crippen molar-refractivity contribution in [3.63, 3.8) is 0 Å². The van der Waals surface area contributed by atoms with Crippen LogP contribution in [0.4, 0.5) is 0 Å². The Hall–Kier alpha value is -2.12. The average Bonchev–Trinajstić information content (AvgIpc) is 2.99. The van der Waals surface area contributed by atoms with Gasteiger partial charge in [0.1, 0.15) is 0 Å². The highest BCUT2D eigenvalue weighted by molar-refractivity contribution is 6.55. The lowest BCUT2D eigenvalue weighted by molar-refractivity contribution is -0.146. The summed E-state index contributed by atoms with van der Waals surface area (Å²) in [6.07, 6.45) is -1.35. The molecular formula is C21H15Cl4NO5. The number of Topliss-reactive ketones (excluding diaryl/α,β-unsaturated/α-hetero) is 1. The van der Waals surface area contributed by atoms with Gasteiger partial charge in [0.15, 0.2) is 6.10 Å². The number of hydrogen-bond acceptors (Lipinski definition) is 5. The van der Waals surface area contributed by atoms with Gasteiger partial charge in [0, 0.05) is 12.1 Å². The number of nitrogens with zero attached hydrogens (tertiary/aromatic N) is 1. The molecule has 0 spiro atoms. The molecule has 0 fully saturated rings. The van der Waals surface area contributed by atoms with Crippen LogP contribution in [0, 0.1) is 6.92 Å². The Labute approximate surface area is 197 Å². The van der Waals surface area contributed by atoms with E-state index in [0.717, 1.165) is 10.5 Å². The minimum Gasteiger partial charge on any atom is -0.454 e. The summed E-state index contributed by atoms with van der Waals surface area (Å²) in [5.41, 5.74) is 1.07. The summed E-state index contributed by atoms with van der Waals surface area (Å²) in [6.45, 7) is 3.05. The highest BCUT2D eigenvalue weighted by atomic mass is 35.5. The van der Waals surface area contributed by atoms with Crippen molar-refractivity contribution in [2.24, 2.45) is 0 Å². The van der Waals surface area contributed by atoms with Gasteiger partial charge in [-0.1, -0.05) is 76.2 Å². The highest BCUT2D eigenvalue weighted by Crippen LogP contribution is 2.44. The number of halogens is 4. The fourth-order valence-corrected chi connectivity index (χ4v) is 4.08. The molecule has 2 amide bonds. The molecule has 0 saturated heterocycles. The van der Waals surface area contributed by atoms with Crippen molar-refractivity contribution in [2.45, 2.75) is 26.4 Å². The summed E-state index contributed by atoms with van der Waals surface area (Å²) in [6, 6.07) is 6.84. The summed E-state index contributed by atoms with van der Waals surface area (Å²) in [5, 5.41) is -0.658. The summed E-state index contributed by atoms with van der Waals surface area (Å²) >= 11 is 24.1. The van der Waals surface area contributed by atoms with E-state index in [1.54, 1.807) is 24.3 Å². The van der Waals surface area contributed by atoms with E-state index < -0.39 is 23.9 Å². The van der Waals surface area contributed by atoms with Crippen LogP contribution in [0.15, 0.2) is 24.3 Å². The predicted octanol–water partition coefficient (Wildman–Crippen LogP) is 5.41. The van der Waals surface area contributed by atoms with Crippen LogP contribution in [0.3, 0.4) is 0 Å². The van der Waals surface area contributed by atoms with Crippen LogP contribution in [0.1, 0.15) is 50.0 Å². The van der Waals surface area contributed by atoms with E-state index in [-0.39, 0.29) is 50.0 Å². The van der Waals surface area contributed by atoms with E-state index >= 15 is 0 Å². The molecule has 0 N–H and O–H groups in total. The van der Waals surface area contributed by atoms with E-state index in [9.17, 15) is 19.2 Å². The Morgan fingerprint density at radius 1 is 0.903 bits per heavy atom. The number of esters is 1. The molecule has 2 aromatic carbocycles. The van der Waals surface area contributed by atoms with Gasteiger partial charge in [0.05, 0.1) is 37.6 Å². The molecule has 1 aliphatic rings. The van der Waals surface area contributed by atoms with Gasteiger partial charge in [-0.15, -0.1) is 0 Å². The quantitative estimate of drug-likeness (QED) is 0.173. The largest absolute Gasteiger partial charge is 0.454 e. The van der Waals surface area contributed by atoms with Crippen LogP contribution in [-0.4, -0.2) is 41.1 Å². The third kappa shape index (κ3) is 4.44. The van der Waals surface area contributed by atoms with E-state index in [1.807, 2.05) is 6.92 Å². The number of amides is 2. The summed E-state index contributed by atoms with van der Waals surface area (Å²) in [7, 11) is 0. The molecule has 1 heterocycles. The first kappa shape index (κ1) is 23.5. The molecule has 1 atom stereocenters. The first-order valence-corrected chi connectivity index (χ1v) is 10.6. The second-order valence-electron chi connectivity index (χ2n) is 6.88. The molecule has 2 aromatic rings. The fourth-order valence-electron chi connectivity index (χ4n) is 3.06. The second kappa shape index (κ2) is 9.17. The monoisotopic (exact) mass is 501 g/mol. The van der Waals surface area contributed by atoms with Crippen molar-refractivity contribution in [2.75, 3.05) is 6.54 Å². The highest BCUT2D eigenvalue weighted by Gasteiger charge is 2.41. The minimum atomic E-state index is -1.03. The zero-order chi connectivity index (χ0) is 23.0. The van der Waals surface area contributed by atoms with Gasteiger partial charge in [0.2, 0.25) is 5.78 Å².